The third kappa shape index (κ3) is 5.82. The van der Waals surface area contributed by atoms with Gasteiger partial charge in [0.05, 0.1) is 11.4 Å². The lowest BCUT2D eigenvalue weighted by Crippen LogP contribution is -2.15. The first-order valence-corrected chi connectivity index (χ1v) is 18.8. The number of benzene rings is 7. The second-order valence-electron chi connectivity index (χ2n) is 14.9. The molecule has 260 valence electrons. The Morgan fingerprint density at radius 3 is 1.73 bits per heavy atom. The van der Waals surface area contributed by atoms with Crippen molar-refractivity contribution in [3.8, 4) is 78.4 Å². The number of pyridine rings is 1. The minimum absolute atomic E-state index is 0.107. The zero-order chi connectivity index (χ0) is 36.9. The maximum Gasteiger partial charge on any atom is 0.160 e. The van der Waals surface area contributed by atoms with Crippen LogP contribution in [-0.2, 0) is 5.41 Å². The quantitative estimate of drug-likeness (QED) is 0.173. The van der Waals surface area contributed by atoms with Gasteiger partial charge in [0.2, 0.25) is 0 Å². The first-order chi connectivity index (χ1) is 27.0. The smallest absolute Gasteiger partial charge is 0.160 e. The van der Waals surface area contributed by atoms with Crippen LogP contribution in [0.4, 0.5) is 0 Å². The Hall–Kier alpha value is -6.97. The Morgan fingerprint density at radius 2 is 0.982 bits per heavy atom. The average molecular weight is 704 g/mol. The Kier molecular flexibility index (Phi) is 7.81. The van der Waals surface area contributed by atoms with Crippen molar-refractivity contribution in [3.63, 3.8) is 0 Å². The topological polar surface area (TPSA) is 38.7 Å². The fraction of sp³-hybridized carbons (Fsp3) is 0.0577. The summed E-state index contributed by atoms with van der Waals surface area (Å²) in [6, 6.07) is 62.9. The number of hydrogen-bond donors (Lipinski definition) is 0. The highest BCUT2D eigenvalue weighted by molar-refractivity contribution is 5.98. The van der Waals surface area contributed by atoms with Crippen molar-refractivity contribution in [1.82, 2.24) is 15.0 Å². The third-order valence-electron chi connectivity index (χ3n) is 11.2. The van der Waals surface area contributed by atoms with Crippen LogP contribution in [0.5, 0.6) is 0 Å². The molecular formula is C52H37N3. The van der Waals surface area contributed by atoms with E-state index < -0.39 is 0 Å². The van der Waals surface area contributed by atoms with Gasteiger partial charge in [0.1, 0.15) is 0 Å². The largest absolute Gasteiger partial charge is 0.264 e. The molecule has 0 N–H and O–H groups in total. The highest BCUT2D eigenvalue weighted by Crippen LogP contribution is 2.52. The van der Waals surface area contributed by atoms with Crippen LogP contribution in [0.1, 0.15) is 25.0 Å². The van der Waals surface area contributed by atoms with Gasteiger partial charge in [0, 0.05) is 34.5 Å². The minimum Gasteiger partial charge on any atom is -0.264 e. The average Bonchev–Trinajstić information content (AvgIpc) is 3.49. The van der Waals surface area contributed by atoms with Crippen molar-refractivity contribution in [2.75, 3.05) is 0 Å². The third-order valence-corrected chi connectivity index (χ3v) is 11.2. The van der Waals surface area contributed by atoms with Crippen molar-refractivity contribution in [3.05, 3.63) is 199 Å². The molecule has 1 aliphatic carbocycles. The maximum absolute atomic E-state index is 5.13. The molecule has 3 nitrogen and oxygen atoms in total. The van der Waals surface area contributed by atoms with E-state index in [2.05, 4.69) is 170 Å². The molecule has 1 aliphatic rings. The number of rotatable bonds is 6. The van der Waals surface area contributed by atoms with Gasteiger partial charge in [-0.25, -0.2) is 9.97 Å². The Bertz CT molecular complexity index is 2870. The van der Waals surface area contributed by atoms with Gasteiger partial charge in [-0.3, -0.25) is 4.98 Å². The first-order valence-electron chi connectivity index (χ1n) is 18.8. The van der Waals surface area contributed by atoms with Crippen molar-refractivity contribution < 1.29 is 0 Å². The van der Waals surface area contributed by atoms with Gasteiger partial charge in [0.15, 0.2) is 5.82 Å². The van der Waals surface area contributed by atoms with Crippen molar-refractivity contribution in [1.29, 1.82) is 0 Å². The summed E-state index contributed by atoms with van der Waals surface area (Å²) >= 11 is 0. The minimum atomic E-state index is -0.107. The van der Waals surface area contributed by atoms with E-state index in [0.29, 0.717) is 5.82 Å². The number of hydrogen-bond acceptors (Lipinski definition) is 3. The Morgan fingerprint density at radius 1 is 0.400 bits per heavy atom. The molecule has 0 atom stereocenters. The summed E-state index contributed by atoms with van der Waals surface area (Å²) in [4.78, 5) is 14.5. The molecule has 0 bridgehead atoms. The monoisotopic (exact) mass is 703 g/mol. The normalized spacial score (nSPS) is 12.7. The molecule has 7 aromatic carbocycles. The summed E-state index contributed by atoms with van der Waals surface area (Å²) in [5.74, 6) is 0.700. The number of nitrogens with zero attached hydrogens (tertiary/aromatic N) is 3. The fourth-order valence-corrected chi connectivity index (χ4v) is 8.34. The number of aromatic nitrogens is 3. The lowest BCUT2D eigenvalue weighted by molar-refractivity contribution is 0.666. The molecular weight excluding hydrogens is 667 g/mol. The predicted octanol–water partition coefficient (Wildman–Crippen LogP) is 13.3. The molecule has 2 heterocycles. The molecule has 0 saturated carbocycles. The van der Waals surface area contributed by atoms with Gasteiger partial charge in [-0.1, -0.05) is 159 Å². The molecule has 0 aliphatic heterocycles. The zero-order valence-electron chi connectivity index (χ0n) is 30.7. The van der Waals surface area contributed by atoms with Gasteiger partial charge >= 0.3 is 0 Å². The number of fused-ring (bicyclic) bond motifs is 5. The van der Waals surface area contributed by atoms with Crippen LogP contribution in [0.15, 0.2) is 188 Å². The summed E-state index contributed by atoms with van der Waals surface area (Å²) < 4.78 is 0. The lowest BCUT2D eigenvalue weighted by atomic mass is 9.79. The molecule has 0 amide bonds. The van der Waals surface area contributed by atoms with Crippen molar-refractivity contribution >= 4 is 10.8 Å². The van der Waals surface area contributed by atoms with Gasteiger partial charge in [-0.2, -0.15) is 0 Å². The van der Waals surface area contributed by atoms with Gasteiger partial charge in [-0.15, -0.1) is 0 Å². The van der Waals surface area contributed by atoms with Gasteiger partial charge in [-0.05, 0) is 96.7 Å². The highest BCUT2D eigenvalue weighted by Gasteiger charge is 2.37. The van der Waals surface area contributed by atoms with Crippen LogP contribution < -0.4 is 0 Å². The summed E-state index contributed by atoms with van der Waals surface area (Å²) in [5.41, 5.74) is 17.1. The van der Waals surface area contributed by atoms with E-state index >= 15 is 0 Å². The molecule has 55 heavy (non-hydrogen) atoms. The van der Waals surface area contributed by atoms with E-state index in [4.69, 9.17) is 9.97 Å². The standard InChI is InChI=1S/C52H37N3/c1-52(2)47-31-41(25-26-45(47)46-27-24-35-11-6-7-19-44(35)50(46)52)39-15-8-14-38(29-39)40-16-9-17-42(30-40)49-32-48(54-51(55-49)37-12-4-3-5-13-37)36-22-20-34(21-23-36)43-18-10-28-53-33-43/h3-33H,1-2H3. The lowest BCUT2D eigenvalue weighted by Gasteiger charge is -2.23. The fourth-order valence-electron chi connectivity index (χ4n) is 8.34. The zero-order valence-corrected chi connectivity index (χ0v) is 30.7. The van der Waals surface area contributed by atoms with E-state index in [1.165, 1.54) is 44.2 Å². The van der Waals surface area contributed by atoms with Crippen LogP contribution >= 0.6 is 0 Å². The van der Waals surface area contributed by atoms with Crippen LogP contribution in [0.3, 0.4) is 0 Å². The van der Waals surface area contributed by atoms with E-state index in [1.54, 1.807) is 6.20 Å². The van der Waals surface area contributed by atoms with E-state index in [1.807, 2.05) is 30.5 Å². The highest BCUT2D eigenvalue weighted by atomic mass is 14.9. The predicted molar refractivity (Wildman–Crippen MR) is 228 cm³/mol. The second kappa shape index (κ2) is 13.2. The van der Waals surface area contributed by atoms with Crippen LogP contribution in [-0.4, -0.2) is 15.0 Å². The summed E-state index contributed by atoms with van der Waals surface area (Å²) in [6.45, 7) is 4.74. The molecule has 9 aromatic rings. The molecule has 0 fully saturated rings. The van der Waals surface area contributed by atoms with Crippen LogP contribution in [0.2, 0.25) is 0 Å². The molecule has 2 aromatic heterocycles. The Balaban J connectivity index is 1.01. The van der Waals surface area contributed by atoms with Crippen LogP contribution in [0, 0.1) is 0 Å². The summed E-state index contributed by atoms with van der Waals surface area (Å²) in [6.07, 6.45) is 3.69. The molecule has 0 spiro atoms. The maximum atomic E-state index is 5.13. The van der Waals surface area contributed by atoms with E-state index in [9.17, 15) is 0 Å². The summed E-state index contributed by atoms with van der Waals surface area (Å²) in [7, 11) is 0. The van der Waals surface area contributed by atoms with Gasteiger partial charge in [0.25, 0.3) is 0 Å². The van der Waals surface area contributed by atoms with Crippen molar-refractivity contribution in [2.45, 2.75) is 19.3 Å². The second-order valence-corrected chi connectivity index (χ2v) is 14.9. The molecule has 10 rings (SSSR count). The van der Waals surface area contributed by atoms with Crippen LogP contribution in [0.25, 0.3) is 89.2 Å². The molecule has 0 unspecified atom stereocenters. The summed E-state index contributed by atoms with van der Waals surface area (Å²) in [5, 5.41) is 2.64. The van der Waals surface area contributed by atoms with Gasteiger partial charge < -0.3 is 0 Å². The van der Waals surface area contributed by atoms with Crippen molar-refractivity contribution in [2.24, 2.45) is 0 Å². The first kappa shape index (κ1) is 32.7. The molecule has 3 heteroatoms. The van der Waals surface area contributed by atoms with E-state index in [0.717, 1.165) is 50.3 Å². The molecule has 0 radical (unpaired) electrons. The molecule has 0 saturated heterocycles. The van der Waals surface area contributed by atoms with E-state index in [-0.39, 0.29) is 5.41 Å². The SMILES string of the molecule is CC1(C)c2cc(-c3cccc(-c4cccc(-c5cc(-c6ccc(-c7cccnc7)cc6)nc(-c6ccccc6)n5)c4)c3)ccc2-c2ccc3ccccc3c21. The Labute approximate surface area is 321 Å².